The largest absolute Gasteiger partial charge is 0.423 e. The topological polar surface area (TPSA) is 95.7 Å². The van der Waals surface area contributed by atoms with E-state index in [1.54, 1.807) is 0 Å². The fourth-order valence-corrected chi connectivity index (χ4v) is 4.64. The van der Waals surface area contributed by atoms with Gasteiger partial charge in [0.15, 0.2) is 5.60 Å². The molecular formula is C16H16F3N3O4. The highest BCUT2D eigenvalue weighted by atomic mass is 19.4. The van der Waals surface area contributed by atoms with E-state index in [9.17, 15) is 33.2 Å². The highest BCUT2D eigenvalue weighted by Crippen LogP contribution is 2.51. The fourth-order valence-electron chi connectivity index (χ4n) is 4.64. The Kier molecular flexibility index (Phi) is 3.58. The van der Waals surface area contributed by atoms with Crippen molar-refractivity contribution < 1.29 is 28.0 Å². The summed E-state index contributed by atoms with van der Waals surface area (Å²) in [6, 6.07) is 1.84. The molecule has 0 aromatic heterocycles. The summed E-state index contributed by atoms with van der Waals surface area (Å²) in [5.41, 5.74) is -1.46. The molecule has 4 fully saturated rings. The number of amides is 1. The fraction of sp³-hybridized carbons (Fsp3) is 0.562. The second kappa shape index (κ2) is 5.40. The van der Waals surface area contributed by atoms with Crippen LogP contribution in [0.25, 0.3) is 0 Å². The van der Waals surface area contributed by atoms with E-state index in [0.29, 0.717) is 18.9 Å². The molecule has 26 heavy (non-hydrogen) atoms. The van der Waals surface area contributed by atoms with Gasteiger partial charge in [-0.05, 0) is 49.7 Å². The van der Waals surface area contributed by atoms with Gasteiger partial charge in [0, 0.05) is 6.07 Å². The van der Waals surface area contributed by atoms with Gasteiger partial charge in [0.05, 0.1) is 16.7 Å². The van der Waals surface area contributed by atoms with Crippen LogP contribution in [0.15, 0.2) is 18.2 Å². The first-order chi connectivity index (χ1) is 12.1. The number of benzene rings is 1. The number of fused-ring (bicyclic) bond motifs is 2. The Hall–Kier alpha value is -2.20. The Morgan fingerprint density at radius 3 is 2.46 bits per heavy atom. The van der Waals surface area contributed by atoms with Crippen LogP contribution in [-0.2, 0) is 11.0 Å². The summed E-state index contributed by atoms with van der Waals surface area (Å²) in [6.45, 7) is 0. The Balaban J connectivity index is 1.75. The summed E-state index contributed by atoms with van der Waals surface area (Å²) in [5.74, 6) is -0.861. The van der Waals surface area contributed by atoms with Gasteiger partial charge >= 0.3 is 6.18 Å². The molecule has 0 radical (unpaired) electrons. The van der Waals surface area contributed by atoms with E-state index < -0.39 is 39.9 Å². The van der Waals surface area contributed by atoms with Gasteiger partial charge in [0.1, 0.15) is 5.56 Å². The third kappa shape index (κ3) is 2.25. The summed E-state index contributed by atoms with van der Waals surface area (Å²) in [7, 11) is 0. The Labute approximate surface area is 145 Å². The van der Waals surface area contributed by atoms with Crippen molar-refractivity contribution in [1.29, 1.82) is 0 Å². The van der Waals surface area contributed by atoms with E-state index >= 15 is 0 Å². The van der Waals surface area contributed by atoms with Gasteiger partial charge in [0.2, 0.25) is 0 Å². The average Bonchev–Trinajstić information content (AvgIpc) is 2.89. The Bertz CT molecular complexity index is 791. The number of anilines is 1. The van der Waals surface area contributed by atoms with Crippen LogP contribution < -0.4 is 10.4 Å². The lowest BCUT2D eigenvalue weighted by molar-refractivity contribution is -0.388. The van der Waals surface area contributed by atoms with Crippen LogP contribution in [0.3, 0.4) is 0 Å². The number of alkyl halides is 3. The second-order valence-electron chi connectivity index (χ2n) is 7.14. The Morgan fingerprint density at radius 1 is 1.27 bits per heavy atom. The molecule has 10 heteroatoms. The molecule has 0 unspecified atom stereocenters. The lowest BCUT2D eigenvalue weighted by atomic mass is 9.59. The van der Waals surface area contributed by atoms with Gasteiger partial charge in [-0.15, -0.1) is 0 Å². The lowest BCUT2D eigenvalue weighted by Crippen LogP contribution is -2.61. The highest BCUT2D eigenvalue weighted by molar-refractivity contribution is 6.02. The number of halogens is 3. The first-order valence-corrected chi connectivity index (χ1v) is 8.32. The molecule has 1 saturated heterocycles. The first kappa shape index (κ1) is 17.2. The number of rotatable bonds is 2. The van der Waals surface area contributed by atoms with Gasteiger partial charge in [-0.2, -0.15) is 13.2 Å². The van der Waals surface area contributed by atoms with Crippen molar-refractivity contribution in [3.05, 3.63) is 33.9 Å². The number of nitrogens with one attached hydrogen (secondary N) is 1. The number of nitro benzene ring substituents is 1. The van der Waals surface area contributed by atoms with Crippen LogP contribution in [0.5, 0.6) is 0 Å². The quantitative estimate of drug-likeness (QED) is 0.615. The minimum atomic E-state index is -4.94. The number of carbonyl (C=O) groups is 1. The van der Waals surface area contributed by atoms with Gasteiger partial charge in [0.25, 0.3) is 11.6 Å². The molecule has 3 aliphatic carbocycles. The standard InChI is InChI=1S/C16H16F3N3O4/c17-16(18,19)11-7-10(5-6-12(11)22(25)26)21-14(23)15(24)9-3-1-8(2-4-9)13(15)20-21/h5-9,13,20,24H,1-4H2/t8-,9+,13-,15-/m1/s1. The summed E-state index contributed by atoms with van der Waals surface area (Å²) in [6.07, 6.45) is -1.84. The maximum Gasteiger partial charge on any atom is 0.423 e. The molecule has 5 rings (SSSR count). The van der Waals surface area contributed by atoms with Crippen molar-refractivity contribution in [2.45, 2.75) is 43.5 Å². The van der Waals surface area contributed by atoms with Crippen molar-refractivity contribution >= 4 is 17.3 Å². The second-order valence-corrected chi connectivity index (χ2v) is 7.14. The van der Waals surface area contributed by atoms with Gasteiger partial charge in [-0.3, -0.25) is 14.9 Å². The SMILES string of the molecule is O=C1N(c2ccc([N+](=O)[O-])c(C(F)(F)F)c2)N[C@@H]2[C@H]3CC[C@H](CC3)[C@]12O. The highest BCUT2D eigenvalue weighted by Gasteiger charge is 2.64. The predicted molar refractivity (Wildman–Crippen MR) is 82.9 cm³/mol. The number of hydrogen-bond donors (Lipinski definition) is 2. The molecule has 1 aromatic rings. The Morgan fingerprint density at radius 2 is 1.92 bits per heavy atom. The van der Waals surface area contributed by atoms with E-state index in [2.05, 4.69) is 5.43 Å². The van der Waals surface area contributed by atoms with Crippen LogP contribution in [0.4, 0.5) is 24.5 Å². The first-order valence-electron chi connectivity index (χ1n) is 8.32. The molecule has 1 amide bonds. The third-order valence-electron chi connectivity index (χ3n) is 5.89. The van der Waals surface area contributed by atoms with Gasteiger partial charge < -0.3 is 5.11 Å². The van der Waals surface area contributed by atoms with Gasteiger partial charge in [-0.25, -0.2) is 10.4 Å². The van der Waals surface area contributed by atoms with Crippen molar-refractivity contribution in [3.63, 3.8) is 0 Å². The number of hydrogen-bond acceptors (Lipinski definition) is 5. The molecule has 4 aliphatic rings. The number of hydrazine groups is 1. The van der Waals surface area contributed by atoms with Crippen molar-refractivity contribution in [2.75, 3.05) is 5.01 Å². The van der Waals surface area contributed by atoms with Crippen LogP contribution in [-0.4, -0.2) is 27.6 Å². The molecule has 3 saturated carbocycles. The molecule has 0 spiro atoms. The lowest BCUT2D eigenvalue weighted by Gasteiger charge is -2.48. The zero-order valence-corrected chi connectivity index (χ0v) is 13.5. The summed E-state index contributed by atoms with van der Waals surface area (Å²) in [4.78, 5) is 22.6. The minimum absolute atomic E-state index is 0.0686. The molecule has 1 heterocycles. The van der Waals surface area contributed by atoms with Crippen LogP contribution >= 0.6 is 0 Å². The van der Waals surface area contributed by atoms with E-state index in [1.807, 2.05) is 0 Å². The molecule has 1 aliphatic heterocycles. The van der Waals surface area contributed by atoms with Crippen molar-refractivity contribution in [3.8, 4) is 0 Å². The van der Waals surface area contributed by atoms with E-state index in [4.69, 9.17) is 0 Å². The van der Waals surface area contributed by atoms with Crippen LogP contribution in [0.2, 0.25) is 0 Å². The summed E-state index contributed by atoms with van der Waals surface area (Å²) < 4.78 is 39.6. The minimum Gasteiger partial charge on any atom is -0.378 e. The molecule has 2 N–H and O–H groups in total. The van der Waals surface area contributed by atoms with E-state index in [0.717, 1.165) is 30.0 Å². The molecule has 1 aromatic carbocycles. The van der Waals surface area contributed by atoms with E-state index in [-0.39, 0.29) is 17.5 Å². The van der Waals surface area contributed by atoms with Crippen LogP contribution in [0.1, 0.15) is 31.2 Å². The zero-order chi connectivity index (χ0) is 18.9. The molecule has 7 nitrogen and oxygen atoms in total. The van der Waals surface area contributed by atoms with E-state index in [1.165, 1.54) is 0 Å². The summed E-state index contributed by atoms with van der Waals surface area (Å²) in [5, 5.41) is 22.8. The van der Waals surface area contributed by atoms with Crippen LogP contribution in [0, 0.1) is 22.0 Å². The zero-order valence-electron chi connectivity index (χ0n) is 13.5. The number of nitrogens with zero attached hydrogens (tertiary/aromatic N) is 2. The number of nitro groups is 1. The monoisotopic (exact) mass is 371 g/mol. The molecule has 2 atom stereocenters. The predicted octanol–water partition coefficient (Wildman–Crippen LogP) is 2.38. The maximum absolute atomic E-state index is 13.2. The molecule has 2 bridgehead atoms. The average molecular weight is 371 g/mol. The maximum atomic E-state index is 13.2. The smallest absolute Gasteiger partial charge is 0.378 e. The molecular weight excluding hydrogens is 355 g/mol. The normalized spacial score (nSPS) is 33.5. The summed E-state index contributed by atoms with van der Waals surface area (Å²) >= 11 is 0. The molecule has 140 valence electrons. The van der Waals surface area contributed by atoms with Gasteiger partial charge in [-0.1, -0.05) is 0 Å². The number of aliphatic hydroxyl groups is 1. The number of carbonyl (C=O) groups excluding carboxylic acids is 1. The van der Waals surface area contributed by atoms with Crippen molar-refractivity contribution in [2.24, 2.45) is 11.8 Å². The third-order valence-corrected chi connectivity index (χ3v) is 5.89. The van der Waals surface area contributed by atoms with Crippen molar-refractivity contribution in [1.82, 2.24) is 5.43 Å².